The summed E-state index contributed by atoms with van der Waals surface area (Å²) in [6.07, 6.45) is 18.1. The van der Waals surface area contributed by atoms with E-state index >= 15 is 4.39 Å². The summed E-state index contributed by atoms with van der Waals surface area (Å²) in [6, 6.07) is 18.4. The van der Waals surface area contributed by atoms with Crippen molar-refractivity contribution in [3.63, 3.8) is 0 Å². The number of ether oxygens (including phenoxy) is 1. The Labute approximate surface area is 394 Å². The summed E-state index contributed by atoms with van der Waals surface area (Å²) < 4.78 is 24.6. The number of fused-ring (bicyclic) bond motifs is 2. The Bertz CT molecular complexity index is 2890. The van der Waals surface area contributed by atoms with Gasteiger partial charge in [0.05, 0.1) is 42.7 Å². The zero-order chi connectivity index (χ0) is 46.7. The SMILES string of the molecule is COc1ccc(CN2C[C@](C)(N)[C@H]3[C@@H]2CN3c2ccc(-c3cc(-c4cnn(C5CCC(N6CCC(c7ccc(N[C@H]8CCC(=O)NC8=O)cc7F)CC6)CC5)c4)cn4ncc(C#N)c34)cn2)cn1. The van der Waals surface area contributed by atoms with Crippen LogP contribution in [-0.2, 0) is 16.1 Å². The van der Waals surface area contributed by atoms with Gasteiger partial charge in [-0.2, -0.15) is 15.5 Å². The molecule has 5 aromatic heterocycles. The standard InChI is InChI=1S/C51H56FN13O3/c1-51(54)30-62(26-31-3-14-47(68-2)56-22-31)44-29-63(49(44)51)45-12-4-33(23-55-45)41-19-34(27-65-48(41)35(21-53)24-58-65)36-25-57-64(28-36)39-8-6-38(7-9-39)61-17-15-32(16-18-61)40-10-5-37(20-42(40)52)59-43-11-13-46(66)60-50(43)67/h3-5,10,12,14,19-20,22-25,27-28,32,38-39,43-44,49,59H,6-9,11,13,15-18,26,29-30,54H2,1-2H3,(H,60,66,67)/t38?,39?,43-,44-,49+,51-/m0/s1. The van der Waals surface area contributed by atoms with Crippen LogP contribution in [0.5, 0.6) is 5.88 Å². The number of piperidine rings is 2. The number of pyridine rings is 3. The number of anilines is 2. The Morgan fingerprint density at radius 1 is 0.912 bits per heavy atom. The van der Waals surface area contributed by atoms with Crippen molar-refractivity contribution < 1.29 is 18.7 Å². The number of carbonyl (C=O) groups is 2. The number of nitrogens with one attached hydrogen (secondary N) is 2. The molecule has 9 heterocycles. The molecular formula is C51H56FN13O3. The third kappa shape index (κ3) is 8.24. The molecule has 4 atom stereocenters. The van der Waals surface area contributed by atoms with Crippen LogP contribution in [0, 0.1) is 17.1 Å². The first-order chi connectivity index (χ1) is 33.0. The first-order valence-corrected chi connectivity index (χ1v) is 23.9. The van der Waals surface area contributed by atoms with Gasteiger partial charge in [-0.3, -0.25) is 24.5 Å². The zero-order valence-corrected chi connectivity index (χ0v) is 38.4. The average molecular weight is 918 g/mol. The molecular weight excluding hydrogens is 862 g/mol. The lowest BCUT2D eigenvalue weighted by molar-refractivity contribution is -0.133. The van der Waals surface area contributed by atoms with Gasteiger partial charge < -0.3 is 25.6 Å². The highest BCUT2D eigenvalue weighted by molar-refractivity contribution is 6.01. The largest absolute Gasteiger partial charge is 0.481 e. The number of imide groups is 1. The maximum absolute atomic E-state index is 15.4. The average Bonchev–Trinajstić information content (AvgIpc) is 4.05. The molecule has 1 aromatic carbocycles. The number of rotatable bonds is 11. The highest BCUT2D eigenvalue weighted by Crippen LogP contribution is 2.42. The van der Waals surface area contributed by atoms with Crippen LogP contribution in [0.15, 0.2) is 85.7 Å². The maximum Gasteiger partial charge on any atom is 0.249 e. The Balaban J connectivity index is 0.721. The van der Waals surface area contributed by atoms with E-state index in [1.54, 1.807) is 17.8 Å². The van der Waals surface area contributed by atoms with Gasteiger partial charge in [-0.05, 0) is 112 Å². The fraction of sp³-hybridized carbons (Fsp3) is 0.431. The molecule has 5 fully saturated rings. The summed E-state index contributed by atoms with van der Waals surface area (Å²) in [5.41, 5.74) is 13.9. The first-order valence-electron chi connectivity index (χ1n) is 23.9. The molecule has 0 spiro atoms. The Morgan fingerprint density at radius 3 is 2.46 bits per heavy atom. The quantitative estimate of drug-likeness (QED) is 0.128. The second-order valence-electron chi connectivity index (χ2n) is 19.7. The highest BCUT2D eigenvalue weighted by Gasteiger charge is 2.57. The van der Waals surface area contributed by atoms with Gasteiger partial charge in [-0.15, -0.1) is 0 Å². The zero-order valence-electron chi connectivity index (χ0n) is 38.4. The normalized spacial score (nSPS) is 25.8. The van der Waals surface area contributed by atoms with Crippen molar-refractivity contribution in [1.82, 2.24) is 44.5 Å². The summed E-state index contributed by atoms with van der Waals surface area (Å²) in [4.78, 5) is 40.5. The van der Waals surface area contributed by atoms with Crippen LogP contribution >= 0.6 is 0 Å². The van der Waals surface area contributed by atoms with Crippen LogP contribution in [0.3, 0.4) is 0 Å². The molecule has 0 radical (unpaired) electrons. The molecule has 0 bridgehead atoms. The molecule has 4 saturated heterocycles. The Hall–Kier alpha value is -6.74. The molecule has 6 aromatic rings. The van der Waals surface area contributed by atoms with E-state index in [2.05, 4.69) is 83.6 Å². The summed E-state index contributed by atoms with van der Waals surface area (Å²) in [6.45, 7) is 6.35. The van der Waals surface area contributed by atoms with Crippen LogP contribution in [0.2, 0.25) is 0 Å². The van der Waals surface area contributed by atoms with Crippen molar-refractivity contribution in [2.45, 2.75) is 107 Å². The molecule has 1 aliphatic carbocycles. The third-order valence-electron chi connectivity index (χ3n) is 15.3. The number of methoxy groups -OCH3 is 1. The molecule has 4 aliphatic heterocycles. The van der Waals surface area contributed by atoms with Gasteiger partial charge >= 0.3 is 0 Å². The molecule has 68 heavy (non-hydrogen) atoms. The fourth-order valence-electron chi connectivity index (χ4n) is 11.7. The van der Waals surface area contributed by atoms with Crippen molar-refractivity contribution in [2.75, 3.05) is 43.5 Å². The topological polar surface area (TPSA) is 188 Å². The van der Waals surface area contributed by atoms with Crippen LogP contribution < -0.4 is 26.0 Å². The van der Waals surface area contributed by atoms with Gasteiger partial charge in [0.1, 0.15) is 23.7 Å². The molecule has 16 nitrogen and oxygen atoms in total. The predicted molar refractivity (Wildman–Crippen MR) is 254 cm³/mol. The van der Waals surface area contributed by atoms with Crippen molar-refractivity contribution in [1.29, 1.82) is 5.26 Å². The van der Waals surface area contributed by atoms with Crippen molar-refractivity contribution in [3.8, 4) is 34.2 Å². The van der Waals surface area contributed by atoms with Crippen LogP contribution in [0.1, 0.15) is 86.9 Å². The number of nitriles is 1. The summed E-state index contributed by atoms with van der Waals surface area (Å²) in [7, 11) is 1.62. The molecule has 1 saturated carbocycles. The molecule has 4 N–H and O–H groups in total. The summed E-state index contributed by atoms with van der Waals surface area (Å²) in [5, 5.41) is 25.0. The maximum atomic E-state index is 15.4. The van der Waals surface area contributed by atoms with E-state index in [1.807, 2.05) is 43.0 Å². The van der Waals surface area contributed by atoms with E-state index in [-0.39, 0.29) is 42.1 Å². The van der Waals surface area contributed by atoms with Crippen molar-refractivity contribution in [3.05, 3.63) is 108 Å². The van der Waals surface area contributed by atoms with Crippen molar-refractivity contribution >= 4 is 28.8 Å². The minimum atomic E-state index is -0.545. The van der Waals surface area contributed by atoms with E-state index in [9.17, 15) is 14.9 Å². The summed E-state index contributed by atoms with van der Waals surface area (Å²) in [5.74, 6) is 0.730. The lowest BCUT2D eigenvalue weighted by Gasteiger charge is -2.51. The fourth-order valence-corrected chi connectivity index (χ4v) is 11.7. The van der Waals surface area contributed by atoms with E-state index in [0.29, 0.717) is 35.6 Å². The molecule has 0 unspecified atom stereocenters. The molecule has 17 heteroatoms. The number of benzene rings is 1. The van der Waals surface area contributed by atoms with Gasteiger partial charge in [0.15, 0.2) is 0 Å². The minimum absolute atomic E-state index is 0.120. The minimum Gasteiger partial charge on any atom is -0.481 e. The molecule has 5 aliphatic rings. The van der Waals surface area contributed by atoms with E-state index in [0.717, 1.165) is 116 Å². The smallest absolute Gasteiger partial charge is 0.249 e. The second-order valence-corrected chi connectivity index (χ2v) is 19.7. The number of aromatic nitrogens is 6. The third-order valence-corrected chi connectivity index (χ3v) is 15.3. The summed E-state index contributed by atoms with van der Waals surface area (Å²) >= 11 is 0. The number of likely N-dealkylation sites (tertiary alicyclic amines) is 2. The van der Waals surface area contributed by atoms with Gasteiger partial charge in [0, 0.05) is 102 Å². The van der Waals surface area contributed by atoms with Gasteiger partial charge in [0.2, 0.25) is 17.7 Å². The monoisotopic (exact) mass is 917 g/mol. The Kier molecular flexibility index (Phi) is 11.4. The molecule has 11 rings (SSSR count). The number of nitrogens with zero attached hydrogens (tertiary/aromatic N) is 10. The number of hydrogen-bond acceptors (Lipinski definition) is 13. The van der Waals surface area contributed by atoms with E-state index in [4.69, 9.17) is 20.6 Å². The van der Waals surface area contributed by atoms with Gasteiger partial charge in [-0.25, -0.2) is 18.9 Å². The molecule has 2 amide bonds. The van der Waals surface area contributed by atoms with Crippen molar-refractivity contribution in [2.24, 2.45) is 5.73 Å². The lowest BCUT2D eigenvalue weighted by Crippen LogP contribution is -2.69. The number of hydrogen-bond donors (Lipinski definition) is 3. The Morgan fingerprint density at radius 2 is 1.74 bits per heavy atom. The lowest BCUT2D eigenvalue weighted by atomic mass is 9.85. The van der Waals surface area contributed by atoms with Crippen LogP contribution in [-0.4, -0.2) is 114 Å². The van der Waals surface area contributed by atoms with E-state index < -0.39 is 11.6 Å². The molecule has 350 valence electrons. The number of halogens is 1. The van der Waals surface area contributed by atoms with Gasteiger partial charge in [-0.1, -0.05) is 12.1 Å². The van der Waals surface area contributed by atoms with Crippen LogP contribution in [0.25, 0.3) is 27.8 Å². The second kappa shape index (κ2) is 17.7. The predicted octanol–water partition coefficient (Wildman–Crippen LogP) is 6.04. The number of amides is 2. The van der Waals surface area contributed by atoms with Gasteiger partial charge in [0.25, 0.3) is 0 Å². The first kappa shape index (κ1) is 43.8. The van der Waals surface area contributed by atoms with Crippen LogP contribution in [0.4, 0.5) is 15.9 Å². The highest BCUT2D eigenvalue weighted by atomic mass is 19.1. The number of carbonyl (C=O) groups excluding carboxylic acids is 2. The van der Waals surface area contributed by atoms with E-state index in [1.165, 1.54) is 6.07 Å². The number of nitrogens with two attached hydrogens (primary N) is 1.